The zero-order chi connectivity index (χ0) is 21.5. The highest BCUT2D eigenvalue weighted by atomic mass is 32.1. The minimum atomic E-state index is -0.224. The summed E-state index contributed by atoms with van der Waals surface area (Å²) < 4.78 is 15.6. The van der Waals surface area contributed by atoms with Crippen LogP contribution in [-0.4, -0.2) is 27.4 Å². The second kappa shape index (κ2) is 9.82. The number of hydrogen-bond donors (Lipinski definition) is 1. The molecule has 2 aromatic carbocycles. The Morgan fingerprint density at radius 2 is 1.87 bits per heavy atom. The smallest absolute Gasteiger partial charge is 0.298 e. The van der Waals surface area contributed by atoms with E-state index >= 15 is 0 Å². The summed E-state index contributed by atoms with van der Waals surface area (Å²) in [6, 6.07) is 18.7. The molecule has 0 atom stereocenters. The van der Waals surface area contributed by atoms with Crippen molar-refractivity contribution < 1.29 is 14.3 Å². The van der Waals surface area contributed by atoms with Gasteiger partial charge in [-0.15, -0.1) is 0 Å². The summed E-state index contributed by atoms with van der Waals surface area (Å²) in [7, 11) is 1.55. The average molecular weight is 433 g/mol. The highest BCUT2D eigenvalue weighted by Gasteiger charge is 2.14. The molecule has 4 rings (SSSR count). The number of hydrogen-bond acceptors (Lipinski definition) is 7. The van der Waals surface area contributed by atoms with Crippen LogP contribution in [-0.2, 0) is 13.0 Å². The molecule has 2 heterocycles. The van der Waals surface area contributed by atoms with E-state index in [2.05, 4.69) is 19.7 Å². The van der Waals surface area contributed by atoms with Gasteiger partial charge >= 0.3 is 0 Å². The largest absolute Gasteiger partial charge is 0.493 e. The molecular weight excluding hydrogens is 412 g/mol. The number of aromatic nitrogens is 3. The van der Waals surface area contributed by atoms with Gasteiger partial charge in [0, 0.05) is 42.5 Å². The van der Waals surface area contributed by atoms with E-state index in [1.54, 1.807) is 37.7 Å². The number of benzene rings is 2. The fourth-order valence-corrected chi connectivity index (χ4v) is 3.47. The predicted octanol–water partition coefficient (Wildman–Crippen LogP) is 4.25. The zero-order valence-corrected chi connectivity index (χ0v) is 17.6. The van der Waals surface area contributed by atoms with Gasteiger partial charge in [-0.2, -0.15) is 9.36 Å². The SMILES string of the molecule is COc1ccc(C(=O)NCc2cccnc2)cc1Oc1nc(Cc2ccccc2)ns1. The second-order valence-electron chi connectivity index (χ2n) is 6.65. The van der Waals surface area contributed by atoms with Crippen molar-refractivity contribution in [1.82, 2.24) is 19.7 Å². The average Bonchev–Trinajstić information content (AvgIpc) is 3.25. The first-order valence-corrected chi connectivity index (χ1v) is 10.4. The van der Waals surface area contributed by atoms with Gasteiger partial charge in [-0.25, -0.2) is 0 Å². The standard InChI is InChI=1S/C23H20N4O3S/c1-29-19-10-9-18(22(28)25-15-17-8-5-11-24-14-17)13-20(19)30-23-26-21(27-31-23)12-16-6-3-2-4-7-16/h2-11,13-14H,12,15H2,1H3,(H,25,28). The normalized spacial score (nSPS) is 10.5. The number of nitrogens with one attached hydrogen (secondary N) is 1. The first kappa shape index (κ1) is 20.5. The lowest BCUT2D eigenvalue weighted by molar-refractivity contribution is 0.0950. The van der Waals surface area contributed by atoms with E-state index in [0.717, 1.165) is 22.7 Å². The quantitative estimate of drug-likeness (QED) is 0.448. The third-order valence-electron chi connectivity index (χ3n) is 4.45. The van der Waals surface area contributed by atoms with Crippen molar-refractivity contribution in [1.29, 1.82) is 0 Å². The zero-order valence-electron chi connectivity index (χ0n) is 16.8. The lowest BCUT2D eigenvalue weighted by Crippen LogP contribution is -2.22. The Labute approximate surface area is 183 Å². The predicted molar refractivity (Wildman–Crippen MR) is 118 cm³/mol. The first-order valence-electron chi connectivity index (χ1n) is 9.61. The van der Waals surface area contributed by atoms with E-state index in [1.165, 1.54) is 0 Å². The maximum Gasteiger partial charge on any atom is 0.298 e. The molecule has 0 bridgehead atoms. The highest BCUT2D eigenvalue weighted by molar-refractivity contribution is 7.07. The van der Waals surface area contributed by atoms with E-state index in [4.69, 9.17) is 9.47 Å². The summed E-state index contributed by atoms with van der Waals surface area (Å²) in [5.74, 6) is 1.36. The summed E-state index contributed by atoms with van der Waals surface area (Å²) >= 11 is 1.16. The molecule has 31 heavy (non-hydrogen) atoms. The number of rotatable bonds is 8. The molecule has 7 nitrogen and oxygen atoms in total. The number of carbonyl (C=O) groups excluding carboxylic acids is 1. The third kappa shape index (κ3) is 5.43. The van der Waals surface area contributed by atoms with Crippen LogP contribution in [0.4, 0.5) is 0 Å². The van der Waals surface area contributed by atoms with Crippen molar-refractivity contribution in [2.45, 2.75) is 13.0 Å². The minimum Gasteiger partial charge on any atom is -0.493 e. The number of carbonyl (C=O) groups is 1. The number of methoxy groups -OCH3 is 1. The maximum absolute atomic E-state index is 12.6. The van der Waals surface area contributed by atoms with Gasteiger partial charge in [0.15, 0.2) is 17.3 Å². The number of ether oxygens (including phenoxy) is 2. The Hall–Kier alpha value is -3.78. The van der Waals surface area contributed by atoms with E-state index in [0.29, 0.717) is 41.0 Å². The van der Waals surface area contributed by atoms with Crippen molar-refractivity contribution in [2.75, 3.05) is 7.11 Å². The van der Waals surface area contributed by atoms with Crippen LogP contribution in [0.2, 0.25) is 0 Å². The van der Waals surface area contributed by atoms with Crippen LogP contribution in [0.3, 0.4) is 0 Å². The third-order valence-corrected chi connectivity index (χ3v) is 5.09. The number of nitrogens with zero attached hydrogens (tertiary/aromatic N) is 3. The molecule has 4 aromatic rings. The maximum atomic E-state index is 12.6. The van der Waals surface area contributed by atoms with Gasteiger partial charge in [-0.3, -0.25) is 9.78 Å². The van der Waals surface area contributed by atoms with E-state index in [-0.39, 0.29) is 5.91 Å². The molecule has 0 aliphatic carbocycles. The van der Waals surface area contributed by atoms with Gasteiger partial charge in [0.1, 0.15) is 0 Å². The van der Waals surface area contributed by atoms with Crippen LogP contribution in [0.1, 0.15) is 27.3 Å². The van der Waals surface area contributed by atoms with Gasteiger partial charge in [-0.1, -0.05) is 36.4 Å². The molecule has 0 aliphatic heterocycles. The molecular formula is C23H20N4O3S. The van der Waals surface area contributed by atoms with Gasteiger partial charge in [0.05, 0.1) is 7.11 Å². The van der Waals surface area contributed by atoms with Crippen molar-refractivity contribution in [2.24, 2.45) is 0 Å². The Morgan fingerprint density at radius 1 is 1.03 bits per heavy atom. The van der Waals surface area contributed by atoms with Crippen LogP contribution < -0.4 is 14.8 Å². The molecule has 156 valence electrons. The Kier molecular flexibility index (Phi) is 6.49. The van der Waals surface area contributed by atoms with Crippen LogP contribution in [0.15, 0.2) is 73.1 Å². The van der Waals surface area contributed by atoms with Crippen LogP contribution in [0, 0.1) is 0 Å². The Morgan fingerprint density at radius 3 is 2.65 bits per heavy atom. The van der Waals surface area contributed by atoms with Gasteiger partial charge < -0.3 is 14.8 Å². The topological polar surface area (TPSA) is 86.2 Å². The molecule has 0 radical (unpaired) electrons. The molecule has 0 aliphatic rings. The summed E-state index contributed by atoms with van der Waals surface area (Å²) in [5.41, 5.74) is 2.49. The molecule has 0 spiro atoms. The molecule has 0 fully saturated rings. The van der Waals surface area contributed by atoms with Crippen molar-refractivity contribution in [3.05, 3.63) is 95.6 Å². The lowest BCUT2D eigenvalue weighted by atomic mass is 10.1. The number of amides is 1. The summed E-state index contributed by atoms with van der Waals surface area (Å²) in [6.07, 6.45) is 4.02. The van der Waals surface area contributed by atoms with E-state index in [9.17, 15) is 4.79 Å². The molecule has 0 saturated heterocycles. The van der Waals surface area contributed by atoms with Crippen molar-refractivity contribution in [3.8, 4) is 16.7 Å². The van der Waals surface area contributed by atoms with E-state index < -0.39 is 0 Å². The second-order valence-corrected chi connectivity index (χ2v) is 7.36. The molecule has 0 unspecified atom stereocenters. The molecule has 8 heteroatoms. The summed E-state index contributed by atoms with van der Waals surface area (Å²) in [6.45, 7) is 0.383. The van der Waals surface area contributed by atoms with E-state index in [1.807, 2.05) is 42.5 Å². The molecule has 2 aromatic heterocycles. The monoisotopic (exact) mass is 432 g/mol. The van der Waals surface area contributed by atoms with Crippen LogP contribution in [0.25, 0.3) is 0 Å². The Bertz CT molecular complexity index is 1150. The summed E-state index contributed by atoms with van der Waals surface area (Å²) in [5, 5.41) is 3.26. The summed E-state index contributed by atoms with van der Waals surface area (Å²) in [4.78, 5) is 21.1. The van der Waals surface area contributed by atoms with Gasteiger partial charge in [-0.05, 0) is 35.4 Å². The fourth-order valence-electron chi connectivity index (χ4n) is 2.91. The number of pyridine rings is 1. The Balaban J connectivity index is 1.46. The van der Waals surface area contributed by atoms with Gasteiger partial charge in [0.2, 0.25) is 0 Å². The van der Waals surface area contributed by atoms with Crippen molar-refractivity contribution in [3.63, 3.8) is 0 Å². The highest BCUT2D eigenvalue weighted by Crippen LogP contribution is 2.33. The van der Waals surface area contributed by atoms with Crippen LogP contribution in [0.5, 0.6) is 16.7 Å². The first-order chi connectivity index (χ1) is 15.2. The molecule has 1 amide bonds. The molecule has 1 N–H and O–H groups in total. The van der Waals surface area contributed by atoms with Crippen LogP contribution >= 0.6 is 11.5 Å². The fraction of sp³-hybridized carbons (Fsp3) is 0.130. The van der Waals surface area contributed by atoms with Gasteiger partial charge in [0.25, 0.3) is 11.1 Å². The van der Waals surface area contributed by atoms with Crippen molar-refractivity contribution >= 4 is 17.4 Å². The minimum absolute atomic E-state index is 0.224. The molecule has 0 saturated carbocycles. The lowest BCUT2D eigenvalue weighted by Gasteiger charge is -2.10.